The number of amides is 1. The fourth-order valence-electron chi connectivity index (χ4n) is 2.72. The van der Waals surface area contributed by atoms with Crippen molar-refractivity contribution in [3.63, 3.8) is 0 Å². The number of carbonyl (C=O) groups is 1. The minimum Gasteiger partial charge on any atom is -0.341 e. The molecular formula is C16H24N2O. The second-order valence-corrected chi connectivity index (χ2v) is 6.17. The third kappa shape index (κ3) is 3.57. The third-order valence-corrected chi connectivity index (χ3v) is 3.96. The summed E-state index contributed by atoms with van der Waals surface area (Å²) in [5, 5.41) is 0. The lowest BCUT2D eigenvalue weighted by Gasteiger charge is -2.34. The van der Waals surface area contributed by atoms with Crippen molar-refractivity contribution in [2.45, 2.75) is 44.6 Å². The van der Waals surface area contributed by atoms with Crippen LogP contribution in [0.4, 0.5) is 0 Å². The fraction of sp³-hybridized carbons (Fsp3) is 0.562. The Morgan fingerprint density at radius 2 is 2.05 bits per heavy atom. The van der Waals surface area contributed by atoms with Gasteiger partial charge in [0.1, 0.15) is 0 Å². The van der Waals surface area contributed by atoms with Gasteiger partial charge in [-0.1, -0.05) is 44.2 Å². The molecule has 2 N–H and O–H groups in total. The fourth-order valence-corrected chi connectivity index (χ4v) is 2.72. The van der Waals surface area contributed by atoms with Crippen molar-refractivity contribution in [3.8, 4) is 0 Å². The van der Waals surface area contributed by atoms with Crippen LogP contribution in [0.1, 0.15) is 38.7 Å². The molecule has 1 unspecified atom stereocenters. The molecular weight excluding hydrogens is 236 g/mol. The largest absolute Gasteiger partial charge is 0.341 e. The minimum absolute atomic E-state index is 0.125. The van der Waals surface area contributed by atoms with Gasteiger partial charge in [-0.15, -0.1) is 0 Å². The van der Waals surface area contributed by atoms with Crippen molar-refractivity contribution in [3.05, 3.63) is 35.9 Å². The van der Waals surface area contributed by atoms with Crippen LogP contribution in [0.5, 0.6) is 0 Å². The van der Waals surface area contributed by atoms with Crippen LogP contribution >= 0.6 is 0 Å². The van der Waals surface area contributed by atoms with E-state index < -0.39 is 0 Å². The van der Waals surface area contributed by atoms with E-state index in [1.807, 2.05) is 23.1 Å². The highest BCUT2D eigenvalue weighted by Gasteiger charge is 2.28. The van der Waals surface area contributed by atoms with Gasteiger partial charge < -0.3 is 10.6 Å². The molecule has 3 heteroatoms. The van der Waals surface area contributed by atoms with Crippen molar-refractivity contribution >= 4 is 5.91 Å². The van der Waals surface area contributed by atoms with Gasteiger partial charge in [-0.3, -0.25) is 4.79 Å². The lowest BCUT2D eigenvalue weighted by atomic mass is 9.81. The first-order chi connectivity index (χ1) is 8.99. The number of carbonyl (C=O) groups excluding carboxylic acids is 1. The first-order valence-corrected chi connectivity index (χ1v) is 7.08. The van der Waals surface area contributed by atoms with E-state index >= 15 is 0 Å². The molecule has 0 saturated carbocycles. The van der Waals surface area contributed by atoms with E-state index in [-0.39, 0.29) is 17.4 Å². The molecule has 1 atom stereocenters. The molecule has 1 aliphatic heterocycles. The van der Waals surface area contributed by atoms with Gasteiger partial charge >= 0.3 is 0 Å². The SMILES string of the molecule is CC(C)(CC(=O)N1CCCC(N)C1)c1ccccc1. The Morgan fingerprint density at radius 3 is 2.68 bits per heavy atom. The highest BCUT2D eigenvalue weighted by Crippen LogP contribution is 2.28. The highest BCUT2D eigenvalue weighted by atomic mass is 16.2. The number of hydrogen-bond acceptors (Lipinski definition) is 2. The number of rotatable bonds is 3. The second kappa shape index (κ2) is 5.74. The van der Waals surface area contributed by atoms with Crippen LogP contribution < -0.4 is 5.73 Å². The van der Waals surface area contributed by atoms with Crippen molar-refractivity contribution < 1.29 is 4.79 Å². The normalized spacial score (nSPS) is 20.4. The van der Waals surface area contributed by atoms with Gasteiger partial charge in [-0.2, -0.15) is 0 Å². The second-order valence-electron chi connectivity index (χ2n) is 6.17. The van der Waals surface area contributed by atoms with Crippen LogP contribution in [0.2, 0.25) is 0 Å². The Hall–Kier alpha value is -1.35. The summed E-state index contributed by atoms with van der Waals surface area (Å²) in [6.07, 6.45) is 2.61. The number of nitrogens with zero attached hydrogens (tertiary/aromatic N) is 1. The Kier molecular flexibility index (Phi) is 4.25. The highest BCUT2D eigenvalue weighted by molar-refractivity contribution is 5.78. The quantitative estimate of drug-likeness (QED) is 0.906. The van der Waals surface area contributed by atoms with Crippen molar-refractivity contribution in [1.82, 2.24) is 4.90 Å². The van der Waals surface area contributed by atoms with E-state index in [0.29, 0.717) is 13.0 Å². The maximum absolute atomic E-state index is 12.4. The number of hydrogen-bond donors (Lipinski definition) is 1. The van der Waals surface area contributed by atoms with Crippen LogP contribution in [0, 0.1) is 0 Å². The molecule has 1 aliphatic rings. The molecule has 0 aliphatic carbocycles. The van der Waals surface area contributed by atoms with Gasteiger partial charge in [-0.05, 0) is 23.8 Å². The Morgan fingerprint density at radius 1 is 1.37 bits per heavy atom. The zero-order chi connectivity index (χ0) is 13.9. The van der Waals surface area contributed by atoms with Crippen LogP contribution in [-0.2, 0) is 10.2 Å². The summed E-state index contributed by atoms with van der Waals surface area (Å²) < 4.78 is 0. The number of benzene rings is 1. The number of nitrogens with two attached hydrogens (primary N) is 1. The standard InChI is InChI=1S/C16H24N2O/c1-16(2,13-7-4-3-5-8-13)11-15(19)18-10-6-9-14(17)12-18/h3-5,7-8,14H,6,9-12,17H2,1-2H3. The van der Waals surface area contributed by atoms with Gasteiger partial charge in [0.2, 0.25) is 5.91 Å². The summed E-state index contributed by atoms with van der Waals surface area (Å²) in [7, 11) is 0. The molecule has 1 aromatic rings. The van der Waals surface area contributed by atoms with Gasteiger partial charge in [0, 0.05) is 25.6 Å². The summed E-state index contributed by atoms with van der Waals surface area (Å²) in [5.41, 5.74) is 7.03. The molecule has 1 aromatic carbocycles. The molecule has 19 heavy (non-hydrogen) atoms. The zero-order valence-corrected chi connectivity index (χ0v) is 11.9. The Balaban J connectivity index is 2.01. The molecule has 3 nitrogen and oxygen atoms in total. The number of piperidine rings is 1. The van der Waals surface area contributed by atoms with Crippen molar-refractivity contribution in [1.29, 1.82) is 0 Å². The number of likely N-dealkylation sites (tertiary alicyclic amines) is 1. The van der Waals surface area contributed by atoms with Crippen LogP contribution in [0.15, 0.2) is 30.3 Å². The lowest BCUT2D eigenvalue weighted by Crippen LogP contribution is -2.47. The summed E-state index contributed by atoms with van der Waals surface area (Å²) in [6.45, 7) is 5.83. The Labute approximate surface area is 115 Å². The monoisotopic (exact) mass is 260 g/mol. The predicted octanol–water partition coefficient (Wildman–Crippen LogP) is 2.30. The van der Waals surface area contributed by atoms with E-state index in [2.05, 4.69) is 26.0 Å². The van der Waals surface area contributed by atoms with Gasteiger partial charge in [-0.25, -0.2) is 0 Å². The van der Waals surface area contributed by atoms with Crippen molar-refractivity contribution in [2.24, 2.45) is 5.73 Å². The molecule has 0 radical (unpaired) electrons. The smallest absolute Gasteiger partial charge is 0.223 e. The molecule has 1 amide bonds. The van der Waals surface area contributed by atoms with Gasteiger partial charge in [0.05, 0.1) is 0 Å². The molecule has 0 spiro atoms. The van der Waals surface area contributed by atoms with E-state index in [0.717, 1.165) is 19.4 Å². The van der Waals surface area contributed by atoms with Crippen molar-refractivity contribution in [2.75, 3.05) is 13.1 Å². The zero-order valence-electron chi connectivity index (χ0n) is 11.9. The summed E-state index contributed by atoms with van der Waals surface area (Å²) >= 11 is 0. The van der Waals surface area contributed by atoms with E-state index in [4.69, 9.17) is 5.73 Å². The summed E-state index contributed by atoms with van der Waals surface area (Å²) in [4.78, 5) is 14.3. The van der Waals surface area contributed by atoms with Gasteiger partial charge in [0.25, 0.3) is 0 Å². The molecule has 1 fully saturated rings. The van der Waals surface area contributed by atoms with E-state index in [1.54, 1.807) is 0 Å². The minimum atomic E-state index is -0.125. The molecule has 1 heterocycles. The molecule has 2 rings (SSSR count). The van der Waals surface area contributed by atoms with E-state index in [9.17, 15) is 4.79 Å². The summed E-state index contributed by atoms with van der Waals surface area (Å²) in [5.74, 6) is 0.226. The van der Waals surface area contributed by atoms with Crippen LogP contribution in [0.25, 0.3) is 0 Å². The molecule has 1 saturated heterocycles. The average Bonchev–Trinajstić information content (AvgIpc) is 2.39. The van der Waals surface area contributed by atoms with Gasteiger partial charge in [0.15, 0.2) is 0 Å². The van der Waals surface area contributed by atoms with Crippen LogP contribution in [-0.4, -0.2) is 29.9 Å². The molecule has 0 bridgehead atoms. The maximum atomic E-state index is 12.4. The summed E-state index contributed by atoms with van der Waals surface area (Å²) in [6, 6.07) is 10.4. The molecule has 0 aromatic heterocycles. The molecule has 104 valence electrons. The first-order valence-electron chi connectivity index (χ1n) is 7.08. The third-order valence-electron chi connectivity index (χ3n) is 3.96. The first kappa shape index (κ1) is 14.1. The van der Waals surface area contributed by atoms with E-state index in [1.165, 1.54) is 5.56 Å². The average molecular weight is 260 g/mol. The predicted molar refractivity (Wildman–Crippen MR) is 77.9 cm³/mol. The maximum Gasteiger partial charge on any atom is 0.223 e. The van der Waals surface area contributed by atoms with Crippen LogP contribution in [0.3, 0.4) is 0 Å². The topological polar surface area (TPSA) is 46.3 Å². The lowest BCUT2D eigenvalue weighted by molar-refractivity contribution is -0.133. The Bertz CT molecular complexity index is 428.